The summed E-state index contributed by atoms with van der Waals surface area (Å²) in [7, 11) is 1.82. The lowest BCUT2D eigenvalue weighted by atomic mass is 9.93. The van der Waals surface area contributed by atoms with E-state index in [2.05, 4.69) is 36.5 Å². The van der Waals surface area contributed by atoms with Crippen molar-refractivity contribution in [2.75, 3.05) is 12.4 Å². The van der Waals surface area contributed by atoms with Crippen molar-refractivity contribution in [1.82, 2.24) is 0 Å². The van der Waals surface area contributed by atoms with Gasteiger partial charge in [0, 0.05) is 18.8 Å². The number of methoxy groups -OCH3 is 1. The minimum Gasteiger partial charge on any atom is -0.382 e. The molecule has 17 heavy (non-hydrogen) atoms. The number of aryl methyl sites for hydroxylation is 1. The van der Waals surface area contributed by atoms with Gasteiger partial charge in [0.15, 0.2) is 0 Å². The van der Waals surface area contributed by atoms with Gasteiger partial charge in [0.1, 0.15) is 0 Å². The minimum atomic E-state index is 0.482. The quantitative estimate of drug-likeness (QED) is 0.857. The Balaban J connectivity index is 1.84. The highest BCUT2D eigenvalue weighted by atomic mass is 16.5. The van der Waals surface area contributed by atoms with Gasteiger partial charge >= 0.3 is 0 Å². The van der Waals surface area contributed by atoms with Crippen molar-refractivity contribution in [3.63, 3.8) is 0 Å². The maximum Gasteiger partial charge on any atom is 0.0572 e. The van der Waals surface area contributed by atoms with Crippen LogP contribution in [0.15, 0.2) is 24.3 Å². The van der Waals surface area contributed by atoms with Crippen LogP contribution >= 0.6 is 0 Å². The van der Waals surface area contributed by atoms with Crippen molar-refractivity contribution in [2.45, 2.75) is 51.2 Å². The fraction of sp³-hybridized carbons (Fsp3) is 0.600. The highest BCUT2D eigenvalue weighted by Crippen LogP contribution is 2.23. The van der Waals surface area contributed by atoms with E-state index in [-0.39, 0.29) is 0 Å². The van der Waals surface area contributed by atoms with Gasteiger partial charge in [0.25, 0.3) is 0 Å². The number of hydrogen-bond acceptors (Lipinski definition) is 2. The number of rotatable bonds is 4. The molecule has 1 fully saturated rings. The lowest BCUT2D eigenvalue weighted by Gasteiger charge is -2.28. The molecule has 1 aliphatic rings. The molecule has 0 radical (unpaired) electrons. The van der Waals surface area contributed by atoms with Crippen LogP contribution in [-0.4, -0.2) is 19.3 Å². The first-order chi connectivity index (χ1) is 8.31. The molecule has 0 saturated heterocycles. The maximum absolute atomic E-state index is 5.39. The van der Waals surface area contributed by atoms with Gasteiger partial charge < -0.3 is 10.1 Å². The Morgan fingerprint density at radius 3 is 2.29 bits per heavy atom. The summed E-state index contributed by atoms with van der Waals surface area (Å²) in [6.07, 6.45) is 6.39. The Hall–Kier alpha value is -1.02. The molecule has 1 aromatic carbocycles. The zero-order chi connectivity index (χ0) is 12.1. The van der Waals surface area contributed by atoms with Crippen LogP contribution in [0, 0.1) is 0 Å². The molecular weight excluding hydrogens is 210 g/mol. The van der Waals surface area contributed by atoms with Crippen LogP contribution in [0.2, 0.25) is 0 Å². The van der Waals surface area contributed by atoms with Crippen LogP contribution in [0.5, 0.6) is 0 Å². The van der Waals surface area contributed by atoms with Crippen molar-refractivity contribution in [1.29, 1.82) is 0 Å². The van der Waals surface area contributed by atoms with Gasteiger partial charge in [-0.05, 0) is 49.8 Å². The fourth-order valence-electron chi connectivity index (χ4n) is 2.52. The van der Waals surface area contributed by atoms with E-state index in [9.17, 15) is 0 Å². The molecule has 0 bridgehead atoms. The topological polar surface area (TPSA) is 21.3 Å². The second kappa shape index (κ2) is 6.06. The molecule has 2 heteroatoms. The molecule has 0 atom stereocenters. The Morgan fingerprint density at radius 2 is 1.76 bits per heavy atom. The highest BCUT2D eigenvalue weighted by molar-refractivity contribution is 5.45. The summed E-state index contributed by atoms with van der Waals surface area (Å²) in [6.45, 7) is 2.19. The van der Waals surface area contributed by atoms with E-state index in [1.54, 1.807) is 0 Å². The lowest BCUT2D eigenvalue weighted by Crippen LogP contribution is -2.29. The van der Waals surface area contributed by atoms with E-state index in [0.717, 1.165) is 6.42 Å². The summed E-state index contributed by atoms with van der Waals surface area (Å²) in [4.78, 5) is 0. The minimum absolute atomic E-state index is 0.482. The van der Waals surface area contributed by atoms with Crippen LogP contribution in [-0.2, 0) is 11.2 Å². The van der Waals surface area contributed by atoms with Crippen molar-refractivity contribution in [3.8, 4) is 0 Å². The largest absolute Gasteiger partial charge is 0.382 e. The van der Waals surface area contributed by atoms with Crippen LogP contribution in [0.3, 0.4) is 0 Å². The third kappa shape index (κ3) is 3.47. The monoisotopic (exact) mass is 233 g/mol. The molecule has 0 aliphatic heterocycles. The first kappa shape index (κ1) is 12.4. The van der Waals surface area contributed by atoms with Crippen LogP contribution in [0.25, 0.3) is 0 Å². The molecule has 1 N–H and O–H groups in total. The standard InChI is InChI=1S/C15H23NO/c1-3-12-4-6-13(7-5-12)16-14-8-10-15(17-2)11-9-14/h4-7,14-16H,3,8-11H2,1-2H3. The zero-order valence-electron chi connectivity index (χ0n) is 10.9. The molecule has 1 aliphatic carbocycles. The van der Waals surface area contributed by atoms with E-state index in [1.165, 1.54) is 36.9 Å². The van der Waals surface area contributed by atoms with Crippen LogP contribution in [0.4, 0.5) is 5.69 Å². The van der Waals surface area contributed by atoms with E-state index in [1.807, 2.05) is 7.11 Å². The maximum atomic E-state index is 5.39. The van der Waals surface area contributed by atoms with Crippen molar-refractivity contribution < 1.29 is 4.74 Å². The van der Waals surface area contributed by atoms with E-state index < -0.39 is 0 Å². The SMILES string of the molecule is CCc1ccc(NC2CCC(OC)CC2)cc1. The van der Waals surface area contributed by atoms with Crippen LogP contribution < -0.4 is 5.32 Å². The Morgan fingerprint density at radius 1 is 1.12 bits per heavy atom. The number of benzene rings is 1. The summed E-state index contributed by atoms with van der Waals surface area (Å²) in [5, 5.41) is 3.62. The van der Waals surface area contributed by atoms with Gasteiger partial charge in [-0.15, -0.1) is 0 Å². The van der Waals surface area contributed by atoms with Gasteiger partial charge in [-0.3, -0.25) is 0 Å². The van der Waals surface area contributed by atoms with Gasteiger partial charge in [-0.2, -0.15) is 0 Å². The predicted molar refractivity (Wildman–Crippen MR) is 72.5 cm³/mol. The van der Waals surface area contributed by atoms with Crippen molar-refractivity contribution >= 4 is 5.69 Å². The second-order valence-electron chi connectivity index (χ2n) is 4.90. The van der Waals surface area contributed by atoms with Gasteiger partial charge in [-0.1, -0.05) is 19.1 Å². The zero-order valence-corrected chi connectivity index (χ0v) is 10.9. The van der Waals surface area contributed by atoms with Gasteiger partial charge in [-0.25, -0.2) is 0 Å². The molecule has 0 spiro atoms. The molecule has 2 rings (SSSR count). The molecule has 0 amide bonds. The van der Waals surface area contributed by atoms with Gasteiger partial charge in [0.2, 0.25) is 0 Å². The van der Waals surface area contributed by atoms with E-state index in [0.29, 0.717) is 12.1 Å². The number of anilines is 1. The number of ether oxygens (including phenoxy) is 1. The highest BCUT2D eigenvalue weighted by Gasteiger charge is 2.20. The predicted octanol–water partition coefficient (Wildman–Crippen LogP) is 3.62. The summed E-state index contributed by atoms with van der Waals surface area (Å²) in [6, 6.07) is 9.43. The summed E-state index contributed by atoms with van der Waals surface area (Å²) >= 11 is 0. The second-order valence-corrected chi connectivity index (χ2v) is 4.90. The molecule has 0 unspecified atom stereocenters. The van der Waals surface area contributed by atoms with Crippen LogP contribution in [0.1, 0.15) is 38.2 Å². The third-order valence-corrected chi connectivity index (χ3v) is 3.74. The first-order valence-electron chi connectivity index (χ1n) is 6.70. The van der Waals surface area contributed by atoms with E-state index >= 15 is 0 Å². The summed E-state index contributed by atoms with van der Waals surface area (Å²) in [5.41, 5.74) is 2.65. The van der Waals surface area contributed by atoms with Crippen molar-refractivity contribution in [3.05, 3.63) is 29.8 Å². The first-order valence-corrected chi connectivity index (χ1v) is 6.70. The average molecular weight is 233 g/mol. The molecule has 2 nitrogen and oxygen atoms in total. The van der Waals surface area contributed by atoms with Crippen molar-refractivity contribution in [2.24, 2.45) is 0 Å². The van der Waals surface area contributed by atoms with Gasteiger partial charge in [0.05, 0.1) is 6.10 Å². The lowest BCUT2D eigenvalue weighted by molar-refractivity contribution is 0.0682. The molecule has 94 valence electrons. The molecule has 0 aromatic heterocycles. The number of nitrogens with one attached hydrogen (secondary N) is 1. The Labute approximate surface area is 104 Å². The molecular formula is C15H23NO. The van der Waals surface area contributed by atoms with E-state index in [4.69, 9.17) is 4.74 Å². The Kier molecular flexibility index (Phi) is 4.43. The number of hydrogen-bond donors (Lipinski definition) is 1. The smallest absolute Gasteiger partial charge is 0.0572 e. The molecule has 1 aromatic rings. The average Bonchev–Trinajstić information content (AvgIpc) is 2.40. The summed E-state index contributed by atoms with van der Waals surface area (Å²) < 4.78 is 5.39. The summed E-state index contributed by atoms with van der Waals surface area (Å²) in [5.74, 6) is 0. The Bertz CT molecular complexity index is 325. The molecule has 0 heterocycles. The third-order valence-electron chi connectivity index (χ3n) is 3.74. The molecule has 1 saturated carbocycles. The fourth-order valence-corrected chi connectivity index (χ4v) is 2.52. The normalized spacial score (nSPS) is 24.6.